The van der Waals surface area contributed by atoms with Crippen LogP contribution in [0.15, 0.2) is 61.2 Å². The van der Waals surface area contributed by atoms with Gasteiger partial charge in [0.1, 0.15) is 5.75 Å². The van der Waals surface area contributed by atoms with Gasteiger partial charge in [0.05, 0.1) is 12.6 Å². The van der Waals surface area contributed by atoms with Gasteiger partial charge in [-0.05, 0) is 34.9 Å². The summed E-state index contributed by atoms with van der Waals surface area (Å²) in [5.74, 6) is -0.0683. The Morgan fingerprint density at radius 3 is 2.53 bits per heavy atom. The van der Waals surface area contributed by atoms with Crippen molar-refractivity contribution in [2.24, 2.45) is 0 Å². The average Bonchev–Trinajstić information content (AvgIpc) is 3.30. The monoisotopic (exact) mass is 462 g/mol. The van der Waals surface area contributed by atoms with Crippen LogP contribution in [0.3, 0.4) is 0 Å². The molecule has 0 unspecified atom stereocenters. The quantitative estimate of drug-likeness (QED) is 0.443. The van der Waals surface area contributed by atoms with Crippen LogP contribution in [-0.2, 0) is 11.3 Å². The van der Waals surface area contributed by atoms with E-state index in [9.17, 15) is 9.90 Å². The minimum absolute atomic E-state index is 0.0201. The second kappa shape index (κ2) is 11.0. The maximum absolute atomic E-state index is 10.7. The number of nitrogens with zero attached hydrogens (tertiary/aromatic N) is 6. The molecule has 3 aromatic rings. The highest BCUT2D eigenvalue weighted by molar-refractivity contribution is 5.66. The van der Waals surface area contributed by atoms with Crippen molar-refractivity contribution in [3.8, 4) is 17.1 Å². The van der Waals surface area contributed by atoms with E-state index in [0.29, 0.717) is 18.8 Å². The number of carboxylic acids is 1. The number of aliphatic carboxylic acids is 1. The van der Waals surface area contributed by atoms with E-state index in [4.69, 9.17) is 5.11 Å². The number of tetrazole rings is 1. The van der Waals surface area contributed by atoms with Crippen molar-refractivity contribution in [2.75, 3.05) is 32.7 Å². The molecule has 1 saturated heterocycles. The van der Waals surface area contributed by atoms with Gasteiger partial charge in [-0.1, -0.05) is 42.5 Å². The molecule has 2 N–H and O–H groups in total. The van der Waals surface area contributed by atoms with Crippen LogP contribution in [0.5, 0.6) is 5.75 Å². The van der Waals surface area contributed by atoms with Crippen molar-refractivity contribution in [3.05, 3.63) is 72.3 Å². The zero-order chi connectivity index (χ0) is 23.9. The highest BCUT2D eigenvalue weighted by Crippen LogP contribution is 2.32. The third-order valence-corrected chi connectivity index (χ3v) is 6.03. The summed E-state index contributed by atoms with van der Waals surface area (Å²) in [5, 5.41) is 31.4. The molecule has 0 bridgehead atoms. The molecule has 1 aliphatic heterocycles. The van der Waals surface area contributed by atoms with Gasteiger partial charge in [-0.3, -0.25) is 14.6 Å². The lowest BCUT2D eigenvalue weighted by atomic mass is 9.95. The first-order valence-electron chi connectivity index (χ1n) is 11.5. The summed E-state index contributed by atoms with van der Waals surface area (Å²) in [4.78, 5) is 17.0. The summed E-state index contributed by atoms with van der Waals surface area (Å²) in [6.07, 6.45) is 2.47. The molecule has 9 nitrogen and oxygen atoms in total. The molecule has 0 aliphatic carbocycles. The standard InChI is InChI=1S/C25H30N6O3/c1-2-12-29-14-16-30(17-15-29)24(21-5-3-6-22(32)18-21)19-8-10-20(11-9-19)25-26-28-31(27-25)13-4-7-23(33)34/h2-3,5-6,8-11,18,24,32H,1,4,7,12-17H2,(H,33,34)/t24-/m1/s1. The molecule has 2 heterocycles. The highest BCUT2D eigenvalue weighted by Gasteiger charge is 2.26. The van der Waals surface area contributed by atoms with Crippen molar-refractivity contribution in [1.29, 1.82) is 0 Å². The smallest absolute Gasteiger partial charge is 0.303 e. The van der Waals surface area contributed by atoms with Gasteiger partial charge in [0.2, 0.25) is 5.82 Å². The van der Waals surface area contributed by atoms with Crippen LogP contribution in [0.1, 0.15) is 30.0 Å². The van der Waals surface area contributed by atoms with Crippen molar-refractivity contribution >= 4 is 5.97 Å². The summed E-state index contributed by atoms with van der Waals surface area (Å²) in [6, 6.07) is 15.6. The topological polar surface area (TPSA) is 108 Å². The van der Waals surface area contributed by atoms with Crippen LogP contribution < -0.4 is 0 Å². The van der Waals surface area contributed by atoms with E-state index in [1.54, 1.807) is 6.07 Å². The number of aryl methyl sites for hydroxylation is 1. The van der Waals surface area contributed by atoms with Gasteiger partial charge in [0.25, 0.3) is 0 Å². The Balaban J connectivity index is 1.53. The third-order valence-electron chi connectivity index (χ3n) is 6.03. The largest absolute Gasteiger partial charge is 0.508 e. The minimum atomic E-state index is -0.834. The van der Waals surface area contributed by atoms with E-state index in [-0.39, 0.29) is 18.2 Å². The molecule has 2 aromatic carbocycles. The molecule has 178 valence electrons. The summed E-state index contributed by atoms with van der Waals surface area (Å²) in [5.41, 5.74) is 3.02. The van der Waals surface area contributed by atoms with E-state index < -0.39 is 5.97 Å². The Morgan fingerprint density at radius 2 is 1.85 bits per heavy atom. The van der Waals surface area contributed by atoms with E-state index >= 15 is 0 Å². The number of piperazine rings is 1. The van der Waals surface area contributed by atoms with Crippen LogP contribution in [0.25, 0.3) is 11.4 Å². The Bertz CT molecular complexity index is 1110. The number of carbonyl (C=O) groups is 1. The first kappa shape index (κ1) is 23.6. The molecule has 0 saturated carbocycles. The summed E-state index contributed by atoms with van der Waals surface area (Å²) in [6.45, 7) is 8.92. The first-order chi connectivity index (χ1) is 16.5. The molecule has 1 aliphatic rings. The fourth-order valence-corrected chi connectivity index (χ4v) is 4.34. The third kappa shape index (κ3) is 5.86. The molecule has 1 aromatic heterocycles. The SMILES string of the molecule is C=CCN1CCN([C@H](c2ccc(-c3nnn(CCCC(=O)O)n3)cc2)c2cccc(O)c2)CC1. The lowest BCUT2D eigenvalue weighted by Gasteiger charge is -2.39. The molecular weight excluding hydrogens is 432 g/mol. The molecule has 34 heavy (non-hydrogen) atoms. The Labute approximate surface area is 198 Å². The Kier molecular flexibility index (Phi) is 7.66. The van der Waals surface area contributed by atoms with Crippen LogP contribution in [-0.4, -0.2) is 78.9 Å². The van der Waals surface area contributed by atoms with Gasteiger partial charge < -0.3 is 10.2 Å². The molecule has 4 rings (SSSR count). The van der Waals surface area contributed by atoms with Gasteiger partial charge in [-0.15, -0.1) is 16.8 Å². The number of benzene rings is 2. The summed E-state index contributed by atoms with van der Waals surface area (Å²) < 4.78 is 0. The number of phenols is 1. The van der Waals surface area contributed by atoms with Crippen LogP contribution >= 0.6 is 0 Å². The maximum Gasteiger partial charge on any atom is 0.303 e. The van der Waals surface area contributed by atoms with E-state index in [0.717, 1.165) is 49.4 Å². The fraction of sp³-hybridized carbons (Fsp3) is 0.360. The van der Waals surface area contributed by atoms with Crippen molar-refractivity contribution < 1.29 is 15.0 Å². The first-order valence-corrected chi connectivity index (χ1v) is 11.5. The number of carboxylic acid groups (broad SMARTS) is 1. The highest BCUT2D eigenvalue weighted by atomic mass is 16.4. The van der Waals surface area contributed by atoms with Crippen LogP contribution in [0, 0.1) is 0 Å². The number of aromatic hydroxyl groups is 1. The van der Waals surface area contributed by atoms with Gasteiger partial charge in [-0.2, -0.15) is 4.80 Å². The molecule has 0 amide bonds. The summed E-state index contributed by atoms with van der Waals surface area (Å²) in [7, 11) is 0. The molecule has 0 radical (unpaired) electrons. The van der Waals surface area contributed by atoms with Crippen molar-refractivity contribution in [2.45, 2.75) is 25.4 Å². The van der Waals surface area contributed by atoms with Gasteiger partial charge in [-0.25, -0.2) is 0 Å². The molecule has 9 heteroatoms. The van der Waals surface area contributed by atoms with Gasteiger partial charge in [0.15, 0.2) is 0 Å². The van der Waals surface area contributed by atoms with E-state index in [2.05, 4.69) is 50.0 Å². The van der Waals surface area contributed by atoms with Crippen molar-refractivity contribution in [3.63, 3.8) is 0 Å². The predicted octanol–water partition coefficient (Wildman–Crippen LogP) is 2.80. The molecule has 1 atom stereocenters. The average molecular weight is 463 g/mol. The lowest BCUT2D eigenvalue weighted by molar-refractivity contribution is -0.137. The lowest BCUT2D eigenvalue weighted by Crippen LogP contribution is -2.47. The molecule has 1 fully saturated rings. The second-order valence-corrected chi connectivity index (χ2v) is 8.45. The maximum atomic E-state index is 10.7. The number of aromatic nitrogens is 4. The number of hydrogen-bond acceptors (Lipinski definition) is 7. The number of hydrogen-bond donors (Lipinski definition) is 2. The minimum Gasteiger partial charge on any atom is -0.508 e. The molecule has 0 spiro atoms. The van der Waals surface area contributed by atoms with Crippen LogP contribution in [0.4, 0.5) is 0 Å². The Morgan fingerprint density at radius 1 is 1.09 bits per heavy atom. The zero-order valence-corrected chi connectivity index (χ0v) is 19.1. The van der Waals surface area contributed by atoms with Gasteiger partial charge in [0, 0.05) is 44.7 Å². The number of phenolic OH excluding ortho intramolecular Hbond substituents is 1. The Hall–Kier alpha value is -3.56. The van der Waals surface area contributed by atoms with E-state index in [1.165, 1.54) is 4.80 Å². The normalized spacial score (nSPS) is 15.8. The van der Waals surface area contributed by atoms with Gasteiger partial charge >= 0.3 is 5.97 Å². The zero-order valence-electron chi connectivity index (χ0n) is 19.1. The second-order valence-electron chi connectivity index (χ2n) is 8.45. The summed E-state index contributed by atoms with van der Waals surface area (Å²) >= 11 is 0. The van der Waals surface area contributed by atoms with Crippen molar-refractivity contribution in [1.82, 2.24) is 30.0 Å². The fourth-order valence-electron chi connectivity index (χ4n) is 4.34. The number of rotatable bonds is 10. The van der Waals surface area contributed by atoms with Crippen LogP contribution in [0.2, 0.25) is 0 Å². The molecular formula is C25H30N6O3. The van der Waals surface area contributed by atoms with E-state index in [1.807, 2.05) is 30.3 Å². The predicted molar refractivity (Wildman–Crippen MR) is 128 cm³/mol.